The number of aromatic carboxylic acids is 1. The largest absolute Gasteiger partial charge is 0.487 e. The van der Waals surface area contributed by atoms with Gasteiger partial charge in [0.25, 0.3) is 0 Å². The molecule has 110 valence electrons. The third kappa shape index (κ3) is 3.80. The minimum Gasteiger partial charge on any atom is -0.487 e. The van der Waals surface area contributed by atoms with Gasteiger partial charge in [-0.1, -0.05) is 30.3 Å². The van der Waals surface area contributed by atoms with Crippen LogP contribution >= 0.6 is 0 Å². The van der Waals surface area contributed by atoms with Crippen LogP contribution in [-0.2, 0) is 16.6 Å². The van der Waals surface area contributed by atoms with E-state index >= 15 is 0 Å². The molecule has 0 aliphatic rings. The predicted molar refractivity (Wildman–Crippen MR) is 75.5 cm³/mol. The number of carbonyl (C=O) groups is 1. The van der Waals surface area contributed by atoms with Gasteiger partial charge in [-0.15, -0.1) is 0 Å². The number of nitrogens with two attached hydrogens (primary N) is 1. The van der Waals surface area contributed by atoms with Crippen LogP contribution in [0.3, 0.4) is 0 Å². The first kappa shape index (κ1) is 15.0. The first-order chi connectivity index (χ1) is 9.88. The summed E-state index contributed by atoms with van der Waals surface area (Å²) in [7, 11) is -4.08. The van der Waals surface area contributed by atoms with Crippen molar-refractivity contribution in [1.82, 2.24) is 0 Å². The minimum atomic E-state index is -4.08. The average molecular weight is 307 g/mol. The number of benzene rings is 2. The van der Waals surface area contributed by atoms with Gasteiger partial charge in [0.15, 0.2) is 0 Å². The van der Waals surface area contributed by atoms with Crippen LogP contribution in [0.2, 0.25) is 0 Å². The number of hydrogen-bond donors (Lipinski definition) is 2. The van der Waals surface area contributed by atoms with Crippen molar-refractivity contribution in [3.05, 3.63) is 59.7 Å². The number of carboxylic acid groups (broad SMARTS) is 1. The summed E-state index contributed by atoms with van der Waals surface area (Å²) < 4.78 is 28.5. The molecule has 0 amide bonds. The average Bonchev–Trinajstić information content (AvgIpc) is 2.45. The number of hydrogen-bond acceptors (Lipinski definition) is 4. The van der Waals surface area contributed by atoms with Crippen molar-refractivity contribution in [2.45, 2.75) is 11.5 Å². The highest BCUT2D eigenvalue weighted by molar-refractivity contribution is 7.89. The molecule has 6 nitrogen and oxygen atoms in total. The molecule has 0 radical (unpaired) electrons. The van der Waals surface area contributed by atoms with Gasteiger partial charge in [0.2, 0.25) is 10.0 Å². The van der Waals surface area contributed by atoms with Gasteiger partial charge in [0.05, 0.1) is 5.56 Å². The lowest BCUT2D eigenvalue weighted by Gasteiger charge is -2.11. The topological polar surface area (TPSA) is 107 Å². The Morgan fingerprint density at radius 3 is 2.38 bits per heavy atom. The van der Waals surface area contributed by atoms with E-state index in [1.54, 1.807) is 0 Å². The van der Waals surface area contributed by atoms with Crippen LogP contribution in [0, 0.1) is 0 Å². The van der Waals surface area contributed by atoms with Gasteiger partial charge >= 0.3 is 5.97 Å². The van der Waals surface area contributed by atoms with Gasteiger partial charge in [-0.2, -0.15) is 0 Å². The summed E-state index contributed by atoms with van der Waals surface area (Å²) >= 11 is 0. The maximum absolute atomic E-state index is 11.5. The van der Waals surface area contributed by atoms with Crippen molar-refractivity contribution < 1.29 is 23.1 Å². The highest BCUT2D eigenvalue weighted by Gasteiger charge is 2.18. The van der Waals surface area contributed by atoms with E-state index in [0.717, 1.165) is 11.6 Å². The van der Waals surface area contributed by atoms with Crippen LogP contribution < -0.4 is 9.88 Å². The monoisotopic (exact) mass is 307 g/mol. The fraction of sp³-hybridized carbons (Fsp3) is 0.0714. The van der Waals surface area contributed by atoms with Crippen molar-refractivity contribution in [2.24, 2.45) is 5.14 Å². The lowest BCUT2D eigenvalue weighted by atomic mass is 10.2. The summed E-state index contributed by atoms with van der Waals surface area (Å²) in [6, 6.07) is 12.7. The molecule has 2 rings (SSSR count). The summed E-state index contributed by atoms with van der Waals surface area (Å²) in [4.78, 5) is 10.5. The second-order valence-electron chi connectivity index (χ2n) is 4.29. The van der Waals surface area contributed by atoms with Gasteiger partial charge in [-0.05, 0) is 23.8 Å². The van der Waals surface area contributed by atoms with Gasteiger partial charge in [-0.3, -0.25) is 0 Å². The molecule has 0 bridgehead atoms. The smallest absolute Gasteiger partial charge is 0.335 e. The summed E-state index contributed by atoms with van der Waals surface area (Å²) in [6.07, 6.45) is 0. The summed E-state index contributed by atoms with van der Waals surface area (Å²) in [5.74, 6) is -1.22. The molecule has 0 aromatic heterocycles. The molecule has 2 aromatic rings. The van der Waals surface area contributed by atoms with E-state index in [0.29, 0.717) is 0 Å². The zero-order chi connectivity index (χ0) is 15.5. The molecule has 0 saturated carbocycles. The Balaban J connectivity index is 2.33. The number of primary sulfonamides is 1. The number of ether oxygens (including phenoxy) is 1. The van der Waals surface area contributed by atoms with Crippen molar-refractivity contribution in [2.75, 3.05) is 0 Å². The van der Waals surface area contributed by atoms with Crippen LogP contribution in [0.25, 0.3) is 0 Å². The molecule has 0 aliphatic heterocycles. The molecule has 0 spiro atoms. The Morgan fingerprint density at radius 2 is 1.81 bits per heavy atom. The molecular formula is C14H13NO5S. The molecule has 21 heavy (non-hydrogen) atoms. The summed E-state index contributed by atoms with van der Waals surface area (Å²) in [5.41, 5.74) is 0.672. The van der Waals surface area contributed by atoms with Crippen molar-refractivity contribution in [3.63, 3.8) is 0 Å². The van der Waals surface area contributed by atoms with E-state index in [9.17, 15) is 13.2 Å². The Bertz CT molecular complexity index is 756. The molecule has 0 saturated heterocycles. The van der Waals surface area contributed by atoms with E-state index in [-0.39, 0.29) is 22.8 Å². The first-order valence-electron chi connectivity index (χ1n) is 5.95. The third-order valence-electron chi connectivity index (χ3n) is 2.73. The van der Waals surface area contributed by atoms with E-state index in [2.05, 4.69) is 0 Å². The number of sulfonamides is 1. The van der Waals surface area contributed by atoms with Crippen molar-refractivity contribution >= 4 is 16.0 Å². The zero-order valence-electron chi connectivity index (χ0n) is 10.9. The molecule has 0 heterocycles. The highest BCUT2D eigenvalue weighted by Crippen LogP contribution is 2.25. The Kier molecular flexibility index (Phi) is 4.25. The number of rotatable bonds is 5. The quantitative estimate of drug-likeness (QED) is 0.872. The summed E-state index contributed by atoms with van der Waals surface area (Å²) in [5, 5.41) is 14.0. The highest BCUT2D eigenvalue weighted by atomic mass is 32.2. The van der Waals surface area contributed by atoms with Crippen molar-refractivity contribution in [1.29, 1.82) is 0 Å². The molecule has 2 aromatic carbocycles. The molecule has 7 heteroatoms. The van der Waals surface area contributed by atoms with Gasteiger partial charge < -0.3 is 9.84 Å². The lowest BCUT2D eigenvalue weighted by molar-refractivity contribution is 0.0696. The third-order valence-corrected chi connectivity index (χ3v) is 3.67. The fourth-order valence-corrected chi connectivity index (χ4v) is 2.42. The van der Waals surface area contributed by atoms with Gasteiger partial charge in [-0.25, -0.2) is 18.4 Å². The standard InChI is InChI=1S/C14H13NO5S/c15-21(18,19)13-8-11(14(16)17)6-7-12(13)20-9-10-4-2-1-3-5-10/h1-8H,9H2,(H,16,17)(H2,15,18,19). The second kappa shape index (κ2) is 5.94. The van der Waals surface area contributed by atoms with E-state index in [4.69, 9.17) is 15.0 Å². The van der Waals surface area contributed by atoms with Crippen LogP contribution in [0.15, 0.2) is 53.4 Å². The molecule has 3 N–H and O–H groups in total. The Morgan fingerprint density at radius 1 is 1.14 bits per heavy atom. The second-order valence-corrected chi connectivity index (χ2v) is 5.82. The van der Waals surface area contributed by atoms with Gasteiger partial charge in [0.1, 0.15) is 17.3 Å². The lowest BCUT2D eigenvalue weighted by Crippen LogP contribution is -2.15. The van der Waals surface area contributed by atoms with Gasteiger partial charge in [0, 0.05) is 0 Å². The minimum absolute atomic E-state index is 0.0198. The molecule has 0 aliphatic carbocycles. The van der Waals surface area contributed by atoms with E-state index < -0.39 is 16.0 Å². The molecular weight excluding hydrogens is 294 g/mol. The molecule has 0 unspecified atom stereocenters. The van der Waals surface area contributed by atoms with E-state index in [1.165, 1.54) is 12.1 Å². The van der Waals surface area contributed by atoms with Crippen LogP contribution in [-0.4, -0.2) is 19.5 Å². The Labute approximate surface area is 121 Å². The zero-order valence-corrected chi connectivity index (χ0v) is 11.7. The predicted octanol–water partition coefficient (Wildman–Crippen LogP) is 1.61. The Hall–Kier alpha value is -2.38. The van der Waals surface area contributed by atoms with E-state index in [1.807, 2.05) is 30.3 Å². The van der Waals surface area contributed by atoms with Crippen LogP contribution in [0.5, 0.6) is 5.75 Å². The molecule has 0 atom stereocenters. The van der Waals surface area contributed by atoms with Crippen molar-refractivity contribution in [3.8, 4) is 5.75 Å². The maximum atomic E-state index is 11.5. The van der Waals surface area contributed by atoms with Crippen LogP contribution in [0.4, 0.5) is 0 Å². The normalized spacial score (nSPS) is 11.1. The number of carboxylic acids is 1. The maximum Gasteiger partial charge on any atom is 0.335 e. The fourth-order valence-electron chi connectivity index (χ4n) is 1.72. The van der Waals surface area contributed by atoms with Crippen LogP contribution in [0.1, 0.15) is 15.9 Å². The molecule has 0 fully saturated rings. The summed E-state index contributed by atoms with van der Waals surface area (Å²) in [6.45, 7) is 0.149. The first-order valence-corrected chi connectivity index (χ1v) is 7.49. The SMILES string of the molecule is NS(=O)(=O)c1cc(C(=O)O)ccc1OCc1ccccc1.